The molecule has 0 aliphatic heterocycles. The first-order chi connectivity index (χ1) is 14.9. The second-order valence-corrected chi connectivity index (χ2v) is 7.21. The summed E-state index contributed by atoms with van der Waals surface area (Å²) < 4.78 is 26.8. The number of aromatic nitrogens is 3. The van der Waals surface area contributed by atoms with Gasteiger partial charge in [0.2, 0.25) is 0 Å². The van der Waals surface area contributed by atoms with Crippen LogP contribution in [0.5, 0.6) is 0 Å². The Kier molecular flexibility index (Phi) is 5.53. The van der Waals surface area contributed by atoms with E-state index in [0.29, 0.717) is 17.1 Å². The minimum absolute atomic E-state index is 0.186. The number of carbonyl (C=O) groups excluding carboxylic acids is 1. The van der Waals surface area contributed by atoms with Crippen molar-refractivity contribution in [3.8, 4) is 0 Å². The molecule has 0 aliphatic rings. The molecule has 4 rings (SSSR count). The number of pyridine rings is 1. The standard InChI is InChI=1S/C23H19F2N5O/c1-13-6-16(11-26-10-13)23(31)29-17-5-3-4-15(7-17)14(2)28-22-12-27-20-8-18(24)19(25)9-21(20)30-22/h3-12,14H,1-2H3,(H,28,30)(H,29,31)/t14-/m0/s1. The summed E-state index contributed by atoms with van der Waals surface area (Å²) in [5.41, 5.74) is 3.44. The largest absolute Gasteiger partial charge is 0.362 e. The van der Waals surface area contributed by atoms with Gasteiger partial charge in [-0.1, -0.05) is 12.1 Å². The van der Waals surface area contributed by atoms with Crippen LogP contribution < -0.4 is 10.6 Å². The molecule has 0 bridgehead atoms. The predicted octanol–water partition coefficient (Wildman–Crippen LogP) is 5.04. The number of carbonyl (C=O) groups is 1. The van der Waals surface area contributed by atoms with Gasteiger partial charge in [0, 0.05) is 30.2 Å². The van der Waals surface area contributed by atoms with Gasteiger partial charge in [0.15, 0.2) is 11.6 Å². The van der Waals surface area contributed by atoms with E-state index >= 15 is 0 Å². The van der Waals surface area contributed by atoms with Crippen LogP contribution in [0.2, 0.25) is 0 Å². The molecule has 8 heteroatoms. The van der Waals surface area contributed by atoms with Crippen LogP contribution in [0.4, 0.5) is 20.3 Å². The lowest BCUT2D eigenvalue weighted by atomic mass is 10.1. The monoisotopic (exact) mass is 419 g/mol. The normalized spacial score (nSPS) is 11.9. The first-order valence-corrected chi connectivity index (χ1v) is 9.60. The van der Waals surface area contributed by atoms with Crippen LogP contribution in [0.1, 0.15) is 34.5 Å². The average Bonchev–Trinajstić information content (AvgIpc) is 2.75. The summed E-state index contributed by atoms with van der Waals surface area (Å²) in [7, 11) is 0. The zero-order chi connectivity index (χ0) is 22.0. The summed E-state index contributed by atoms with van der Waals surface area (Å²) in [6.45, 7) is 3.79. The number of fused-ring (bicyclic) bond motifs is 1. The van der Waals surface area contributed by atoms with Crippen molar-refractivity contribution in [2.75, 3.05) is 10.6 Å². The Morgan fingerprint density at radius 2 is 1.77 bits per heavy atom. The van der Waals surface area contributed by atoms with E-state index in [4.69, 9.17) is 0 Å². The van der Waals surface area contributed by atoms with Crippen LogP contribution in [0.25, 0.3) is 11.0 Å². The molecule has 2 N–H and O–H groups in total. The van der Waals surface area contributed by atoms with Crippen molar-refractivity contribution in [3.05, 3.63) is 89.4 Å². The summed E-state index contributed by atoms with van der Waals surface area (Å²) in [6.07, 6.45) is 4.67. The van der Waals surface area contributed by atoms with Crippen molar-refractivity contribution < 1.29 is 13.6 Å². The van der Waals surface area contributed by atoms with Crippen LogP contribution in [-0.2, 0) is 0 Å². The Bertz CT molecular complexity index is 1280. The smallest absolute Gasteiger partial charge is 0.257 e. The number of nitrogens with one attached hydrogen (secondary N) is 2. The quantitative estimate of drug-likeness (QED) is 0.474. The van der Waals surface area contributed by atoms with Gasteiger partial charge in [-0.05, 0) is 43.2 Å². The highest BCUT2D eigenvalue weighted by molar-refractivity contribution is 6.04. The maximum absolute atomic E-state index is 13.5. The van der Waals surface area contributed by atoms with Gasteiger partial charge in [0.05, 0.1) is 28.8 Å². The van der Waals surface area contributed by atoms with Gasteiger partial charge in [-0.15, -0.1) is 0 Å². The number of rotatable bonds is 5. The highest BCUT2D eigenvalue weighted by Gasteiger charge is 2.12. The molecule has 0 saturated carbocycles. The van der Waals surface area contributed by atoms with Crippen LogP contribution >= 0.6 is 0 Å². The molecule has 1 amide bonds. The lowest BCUT2D eigenvalue weighted by Crippen LogP contribution is -2.13. The molecule has 0 radical (unpaired) electrons. The Labute approximate surface area is 177 Å². The van der Waals surface area contributed by atoms with E-state index < -0.39 is 11.6 Å². The topological polar surface area (TPSA) is 79.8 Å². The van der Waals surface area contributed by atoms with Crippen molar-refractivity contribution in [1.29, 1.82) is 0 Å². The lowest BCUT2D eigenvalue weighted by molar-refractivity contribution is 0.102. The van der Waals surface area contributed by atoms with E-state index in [9.17, 15) is 13.6 Å². The maximum Gasteiger partial charge on any atom is 0.257 e. The van der Waals surface area contributed by atoms with Gasteiger partial charge in [0.25, 0.3) is 5.91 Å². The number of halogens is 2. The van der Waals surface area contributed by atoms with Gasteiger partial charge >= 0.3 is 0 Å². The third-order valence-corrected chi connectivity index (χ3v) is 4.73. The fraction of sp³-hybridized carbons (Fsp3) is 0.130. The molecule has 0 saturated heterocycles. The van der Waals surface area contributed by atoms with E-state index in [1.807, 2.05) is 32.0 Å². The van der Waals surface area contributed by atoms with E-state index in [2.05, 4.69) is 25.6 Å². The number of hydrogen-bond donors (Lipinski definition) is 2. The molecule has 0 unspecified atom stereocenters. The Hall–Kier alpha value is -3.94. The molecular formula is C23H19F2N5O. The fourth-order valence-electron chi connectivity index (χ4n) is 3.15. The maximum atomic E-state index is 13.5. The third kappa shape index (κ3) is 4.63. The zero-order valence-corrected chi connectivity index (χ0v) is 16.9. The summed E-state index contributed by atoms with van der Waals surface area (Å²) in [5.74, 6) is -1.76. The molecule has 0 spiro atoms. The molecule has 4 aromatic rings. The van der Waals surface area contributed by atoms with Gasteiger partial charge in [-0.3, -0.25) is 14.8 Å². The molecule has 31 heavy (non-hydrogen) atoms. The minimum Gasteiger partial charge on any atom is -0.362 e. The van der Waals surface area contributed by atoms with Crippen molar-refractivity contribution >= 4 is 28.4 Å². The molecular weight excluding hydrogens is 400 g/mol. The lowest BCUT2D eigenvalue weighted by Gasteiger charge is -2.16. The molecule has 2 heterocycles. The van der Waals surface area contributed by atoms with Gasteiger partial charge < -0.3 is 10.6 Å². The summed E-state index contributed by atoms with van der Waals surface area (Å²) >= 11 is 0. The first kappa shape index (κ1) is 20.3. The summed E-state index contributed by atoms with van der Waals surface area (Å²) in [6, 6.07) is 11.0. The third-order valence-electron chi connectivity index (χ3n) is 4.73. The van der Waals surface area contributed by atoms with Crippen molar-refractivity contribution in [2.45, 2.75) is 19.9 Å². The molecule has 2 aromatic carbocycles. The van der Waals surface area contributed by atoms with E-state index in [-0.39, 0.29) is 23.0 Å². The fourth-order valence-corrected chi connectivity index (χ4v) is 3.15. The number of benzene rings is 2. The number of anilines is 2. The second kappa shape index (κ2) is 8.43. The van der Waals surface area contributed by atoms with Crippen molar-refractivity contribution in [2.24, 2.45) is 0 Å². The number of hydrogen-bond acceptors (Lipinski definition) is 5. The van der Waals surface area contributed by atoms with Crippen LogP contribution in [0.15, 0.2) is 61.1 Å². The van der Waals surface area contributed by atoms with Crippen LogP contribution in [0, 0.1) is 18.6 Å². The molecule has 0 fully saturated rings. The molecule has 1 atom stereocenters. The molecule has 0 aliphatic carbocycles. The number of amides is 1. The average molecular weight is 419 g/mol. The first-order valence-electron chi connectivity index (χ1n) is 9.60. The number of nitrogens with zero attached hydrogens (tertiary/aromatic N) is 3. The van der Waals surface area contributed by atoms with E-state index in [1.54, 1.807) is 18.3 Å². The van der Waals surface area contributed by atoms with Gasteiger partial charge in [0.1, 0.15) is 5.82 Å². The predicted molar refractivity (Wildman–Crippen MR) is 115 cm³/mol. The van der Waals surface area contributed by atoms with Crippen molar-refractivity contribution in [1.82, 2.24) is 15.0 Å². The van der Waals surface area contributed by atoms with E-state index in [0.717, 1.165) is 23.3 Å². The zero-order valence-electron chi connectivity index (χ0n) is 16.9. The summed E-state index contributed by atoms with van der Waals surface area (Å²) in [5, 5.41) is 6.06. The summed E-state index contributed by atoms with van der Waals surface area (Å²) in [4.78, 5) is 25.0. The highest BCUT2D eigenvalue weighted by atomic mass is 19.2. The molecule has 6 nitrogen and oxygen atoms in total. The Morgan fingerprint density at radius 1 is 1.00 bits per heavy atom. The van der Waals surface area contributed by atoms with Gasteiger partial charge in [-0.25, -0.2) is 13.8 Å². The minimum atomic E-state index is -0.973. The van der Waals surface area contributed by atoms with E-state index in [1.165, 1.54) is 12.4 Å². The van der Waals surface area contributed by atoms with Crippen LogP contribution in [-0.4, -0.2) is 20.9 Å². The van der Waals surface area contributed by atoms with Crippen molar-refractivity contribution in [3.63, 3.8) is 0 Å². The Balaban J connectivity index is 1.50. The molecule has 2 aromatic heterocycles. The molecule has 156 valence electrons. The number of aryl methyl sites for hydroxylation is 1. The second-order valence-electron chi connectivity index (χ2n) is 7.21. The highest BCUT2D eigenvalue weighted by Crippen LogP contribution is 2.23. The van der Waals surface area contributed by atoms with Gasteiger partial charge in [-0.2, -0.15) is 0 Å². The SMILES string of the molecule is Cc1cncc(C(=O)Nc2cccc([C@H](C)Nc3cnc4cc(F)c(F)cc4n3)c2)c1. The Morgan fingerprint density at radius 3 is 2.55 bits per heavy atom. The van der Waals surface area contributed by atoms with Crippen LogP contribution in [0.3, 0.4) is 0 Å².